The minimum Gasteiger partial charge on any atom is -0.485 e. The van der Waals surface area contributed by atoms with Gasteiger partial charge in [0.2, 0.25) is 0 Å². The summed E-state index contributed by atoms with van der Waals surface area (Å²) in [7, 11) is 0. The van der Waals surface area contributed by atoms with Crippen molar-refractivity contribution in [3.8, 4) is 5.75 Å². The van der Waals surface area contributed by atoms with Crippen molar-refractivity contribution in [2.24, 2.45) is 0 Å². The van der Waals surface area contributed by atoms with E-state index in [4.69, 9.17) is 9.47 Å². The van der Waals surface area contributed by atoms with Crippen molar-refractivity contribution in [2.75, 3.05) is 39.5 Å². The predicted octanol–water partition coefficient (Wildman–Crippen LogP) is 2.97. The molecule has 1 heterocycles. The van der Waals surface area contributed by atoms with Crippen molar-refractivity contribution in [1.29, 1.82) is 0 Å². The molecule has 1 fully saturated rings. The summed E-state index contributed by atoms with van der Waals surface area (Å²) in [5, 5.41) is 9.90. The number of benzene rings is 1. The van der Waals surface area contributed by atoms with Crippen molar-refractivity contribution in [1.82, 2.24) is 4.90 Å². The van der Waals surface area contributed by atoms with Crippen molar-refractivity contribution >= 4 is 15.9 Å². The molecule has 1 atom stereocenters. The Hall–Kier alpha value is -0.760. The molecule has 0 aliphatic carbocycles. The molecule has 0 bridgehead atoms. The Morgan fingerprint density at radius 3 is 2.43 bits per heavy atom. The molecule has 0 saturated carbocycles. The third kappa shape index (κ3) is 6.33. The number of aliphatic hydroxyl groups is 1. The highest BCUT2D eigenvalue weighted by Crippen LogP contribution is 2.25. The van der Waals surface area contributed by atoms with Crippen LogP contribution in [0.4, 0.5) is 8.78 Å². The lowest BCUT2D eigenvalue weighted by molar-refractivity contribution is 0.00473. The fraction of sp³-hybridized carbons (Fsp3) is 0.625. The first-order valence-corrected chi connectivity index (χ1v) is 8.61. The van der Waals surface area contributed by atoms with Gasteiger partial charge in [-0.2, -0.15) is 0 Å². The summed E-state index contributed by atoms with van der Waals surface area (Å²) in [5.74, 6) is -1.94. The quantitative estimate of drug-likeness (QED) is 0.689. The van der Waals surface area contributed by atoms with Gasteiger partial charge < -0.3 is 19.5 Å². The Kier molecular flexibility index (Phi) is 7.69. The summed E-state index contributed by atoms with van der Waals surface area (Å²) in [5.41, 5.74) is 0. The lowest BCUT2D eigenvalue weighted by atomic mass is 10.1. The first kappa shape index (κ1) is 18.6. The SMILES string of the molecule is OC(COCCOc1c(F)cc(Br)cc1F)CN1CCCCC1. The molecule has 1 N–H and O–H groups in total. The van der Waals surface area contributed by atoms with Gasteiger partial charge in [-0.3, -0.25) is 0 Å². The summed E-state index contributed by atoms with van der Waals surface area (Å²) in [4.78, 5) is 2.22. The minimum atomic E-state index is -0.762. The minimum absolute atomic E-state index is 0.0197. The maximum Gasteiger partial charge on any atom is 0.190 e. The standard InChI is InChI=1S/C16H22BrF2NO3/c17-12-8-14(18)16(15(19)9-12)23-7-6-22-11-13(21)10-20-4-2-1-3-5-20/h8-9,13,21H,1-7,10-11H2. The maximum atomic E-state index is 13.5. The number of hydrogen-bond acceptors (Lipinski definition) is 4. The highest BCUT2D eigenvalue weighted by molar-refractivity contribution is 9.10. The summed E-state index contributed by atoms with van der Waals surface area (Å²) >= 11 is 3.00. The monoisotopic (exact) mass is 393 g/mol. The van der Waals surface area contributed by atoms with Gasteiger partial charge >= 0.3 is 0 Å². The van der Waals surface area contributed by atoms with Gasteiger partial charge in [0.25, 0.3) is 0 Å². The second-order valence-electron chi connectivity index (χ2n) is 5.64. The number of β-amino-alcohol motifs (C(OH)–C–C–N with tert-alkyl or cyclic N) is 1. The van der Waals surface area contributed by atoms with Crippen LogP contribution in [0.3, 0.4) is 0 Å². The van der Waals surface area contributed by atoms with Gasteiger partial charge in [-0.1, -0.05) is 22.4 Å². The van der Waals surface area contributed by atoms with E-state index < -0.39 is 23.5 Å². The molecule has 7 heteroatoms. The summed E-state index contributed by atoms with van der Waals surface area (Å²) in [6.07, 6.45) is 3.04. The molecule has 4 nitrogen and oxygen atoms in total. The summed E-state index contributed by atoms with van der Waals surface area (Å²) < 4.78 is 37.7. The molecule has 1 aliphatic heterocycles. The van der Waals surface area contributed by atoms with Gasteiger partial charge in [0.05, 0.1) is 19.3 Å². The van der Waals surface area contributed by atoms with Gasteiger partial charge in [-0.15, -0.1) is 0 Å². The number of ether oxygens (including phenoxy) is 2. The van der Waals surface area contributed by atoms with Gasteiger partial charge in [0.1, 0.15) is 6.61 Å². The van der Waals surface area contributed by atoms with E-state index in [1.807, 2.05) is 0 Å². The molecule has 1 aromatic rings. The second kappa shape index (κ2) is 9.52. The molecule has 0 radical (unpaired) electrons. The normalized spacial score (nSPS) is 17.2. The van der Waals surface area contributed by atoms with Crippen LogP contribution in [-0.2, 0) is 4.74 Å². The lowest BCUT2D eigenvalue weighted by Crippen LogP contribution is -2.38. The third-order valence-corrected chi connectivity index (χ3v) is 4.12. The fourth-order valence-electron chi connectivity index (χ4n) is 2.58. The molecule has 130 valence electrons. The number of aliphatic hydroxyl groups excluding tert-OH is 1. The van der Waals surface area contributed by atoms with Crippen LogP contribution in [0.2, 0.25) is 0 Å². The second-order valence-corrected chi connectivity index (χ2v) is 6.55. The number of nitrogens with zero attached hydrogens (tertiary/aromatic N) is 1. The average Bonchev–Trinajstić information content (AvgIpc) is 2.50. The zero-order chi connectivity index (χ0) is 16.7. The maximum absolute atomic E-state index is 13.5. The molecule has 0 spiro atoms. The molecule has 1 saturated heterocycles. The van der Waals surface area contributed by atoms with E-state index in [0.717, 1.165) is 25.2 Å². The van der Waals surface area contributed by atoms with Crippen molar-refractivity contribution in [3.63, 3.8) is 0 Å². The Bertz CT molecular complexity index is 475. The topological polar surface area (TPSA) is 41.9 Å². The fourth-order valence-corrected chi connectivity index (χ4v) is 2.98. The molecule has 1 aromatic carbocycles. The largest absolute Gasteiger partial charge is 0.485 e. The van der Waals surface area contributed by atoms with Crippen LogP contribution in [-0.4, -0.2) is 55.6 Å². The molecule has 1 aliphatic rings. The van der Waals surface area contributed by atoms with Gasteiger partial charge in [-0.05, 0) is 38.1 Å². The molecule has 0 aromatic heterocycles. The number of hydrogen-bond donors (Lipinski definition) is 1. The smallest absolute Gasteiger partial charge is 0.190 e. The van der Waals surface area contributed by atoms with Gasteiger partial charge in [-0.25, -0.2) is 8.78 Å². The van der Waals surface area contributed by atoms with Crippen LogP contribution in [0.5, 0.6) is 5.75 Å². The van der Waals surface area contributed by atoms with Crippen molar-refractivity contribution in [2.45, 2.75) is 25.4 Å². The van der Waals surface area contributed by atoms with E-state index >= 15 is 0 Å². The van der Waals surface area contributed by atoms with Crippen LogP contribution in [0.1, 0.15) is 19.3 Å². The van der Waals surface area contributed by atoms with E-state index in [1.165, 1.54) is 19.3 Å². The van der Waals surface area contributed by atoms with Gasteiger partial charge in [0, 0.05) is 11.0 Å². The van der Waals surface area contributed by atoms with Crippen LogP contribution >= 0.6 is 15.9 Å². The Morgan fingerprint density at radius 2 is 1.78 bits per heavy atom. The van der Waals surface area contributed by atoms with Crippen LogP contribution in [0, 0.1) is 11.6 Å². The zero-order valence-corrected chi connectivity index (χ0v) is 14.5. The third-order valence-electron chi connectivity index (χ3n) is 3.66. The predicted molar refractivity (Wildman–Crippen MR) is 86.7 cm³/mol. The summed E-state index contributed by atoms with van der Waals surface area (Å²) in [6.45, 7) is 2.99. The van der Waals surface area contributed by atoms with Crippen molar-refractivity contribution in [3.05, 3.63) is 28.2 Å². The van der Waals surface area contributed by atoms with Crippen LogP contribution < -0.4 is 4.74 Å². The zero-order valence-electron chi connectivity index (χ0n) is 12.9. The Morgan fingerprint density at radius 1 is 1.13 bits per heavy atom. The number of likely N-dealkylation sites (tertiary alicyclic amines) is 1. The van der Waals surface area contributed by atoms with Crippen molar-refractivity contribution < 1.29 is 23.4 Å². The lowest BCUT2D eigenvalue weighted by Gasteiger charge is -2.28. The molecular weight excluding hydrogens is 372 g/mol. The molecular formula is C16H22BrF2NO3. The first-order chi connectivity index (χ1) is 11.1. The number of rotatable bonds is 8. The van der Waals surface area contributed by atoms with E-state index in [0.29, 0.717) is 11.0 Å². The van der Waals surface area contributed by atoms with E-state index in [1.54, 1.807) is 0 Å². The molecule has 2 rings (SSSR count). The molecule has 0 amide bonds. The van der Waals surface area contributed by atoms with E-state index in [9.17, 15) is 13.9 Å². The average molecular weight is 394 g/mol. The van der Waals surface area contributed by atoms with Gasteiger partial charge in [0.15, 0.2) is 17.4 Å². The highest BCUT2D eigenvalue weighted by atomic mass is 79.9. The molecule has 23 heavy (non-hydrogen) atoms. The summed E-state index contributed by atoms with van der Waals surface area (Å²) in [6, 6.07) is 2.28. The first-order valence-electron chi connectivity index (χ1n) is 7.82. The highest BCUT2D eigenvalue weighted by Gasteiger charge is 2.15. The number of halogens is 3. The van der Waals surface area contributed by atoms with Crippen LogP contribution in [0.15, 0.2) is 16.6 Å². The van der Waals surface area contributed by atoms with E-state index in [2.05, 4.69) is 20.8 Å². The Labute approximate surface area is 143 Å². The Balaban J connectivity index is 1.62. The van der Waals surface area contributed by atoms with Crippen LogP contribution in [0.25, 0.3) is 0 Å². The number of piperidine rings is 1. The van der Waals surface area contributed by atoms with E-state index in [-0.39, 0.29) is 19.8 Å². The molecule has 1 unspecified atom stereocenters.